The van der Waals surface area contributed by atoms with Crippen LogP contribution in [0.4, 0.5) is 0 Å². The molecular weight excluding hydrogens is 350 g/mol. The molecule has 0 amide bonds. The van der Waals surface area contributed by atoms with Crippen LogP contribution in [0.1, 0.15) is 38.3 Å². The summed E-state index contributed by atoms with van der Waals surface area (Å²) in [7, 11) is 0. The molecule has 4 nitrogen and oxygen atoms in total. The Morgan fingerprint density at radius 1 is 0.786 bits per heavy atom. The van der Waals surface area contributed by atoms with E-state index in [1.165, 1.54) is 0 Å². The molecule has 0 spiro atoms. The Kier molecular flexibility index (Phi) is 4.62. The van der Waals surface area contributed by atoms with Crippen molar-refractivity contribution >= 4 is 17.3 Å². The number of carbonyl (C=O) groups is 2. The van der Waals surface area contributed by atoms with Crippen LogP contribution in [0.2, 0.25) is 0 Å². The molecule has 1 heterocycles. The van der Waals surface area contributed by atoms with Crippen LogP contribution < -0.4 is 0 Å². The molecule has 4 rings (SSSR count). The lowest BCUT2D eigenvalue weighted by Gasteiger charge is -2.24. The summed E-state index contributed by atoms with van der Waals surface area (Å²) in [5, 5.41) is 4.16. The van der Waals surface area contributed by atoms with E-state index in [2.05, 4.69) is 5.16 Å². The van der Waals surface area contributed by atoms with Gasteiger partial charge < -0.3 is 4.84 Å². The number of nitrogens with zero attached hydrogens (tertiary/aromatic N) is 1. The lowest BCUT2D eigenvalue weighted by atomic mass is 9.81. The predicted octanol–water partition coefficient (Wildman–Crippen LogP) is 4.62. The van der Waals surface area contributed by atoms with Crippen LogP contribution in [0, 0.1) is 6.92 Å². The lowest BCUT2D eigenvalue weighted by Crippen LogP contribution is -2.47. The molecule has 0 N–H and O–H groups in total. The Balaban J connectivity index is 1.75. The molecule has 1 aliphatic rings. The molecule has 0 bridgehead atoms. The maximum absolute atomic E-state index is 13.4. The second-order valence-corrected chi connectivity index (χ2v) is 6.89. The van der Waals surface area contributed by atoms with Crippen LogP contribution in [-0.4, -0.2) is 22.9 Å². The molecule has 0 saturated heterocycles. The Labute approximate surface area is 163 Å². The van der Waals surface area contributed by atoms with Gasteiger partial charge >= 0.3 is 0 Å². The molecule has 28 heavy (non-hydrogen) atoms. The van der Waals surface area contributed by atoms with E-state index in [-0.39, 0.29) is 18.0 Å². The molecule has 0 radical (unpaired) electrons. The Morgan fingerprint density at radius 2 is 1.29 bits per heavy atom. The van der Waals surface area contributed by atoms with Gasteiger partial charge in [-0.3, -0.25) is 9.59 Å². The summed E-state index contributed by atoms with van der Waals surface area (Å²) in [4.78, 5) is 32.5. The topological polar surface area (TPSA) is 55.7 Å². The number of aryl methyl sites for hydroxylation is 1. The minimum Gasteiger partial charge on any atom is -0.372 e. The van der Waals surface area contributed by atoms with Crippen LogP contribution >= 0.6 is 0 Å². The van der Waals surface area contributed by atoms with E-state index in [0.29, 0.717) is 16.8 Å². The highest BCUT2D eigenvalue weighted by molar-refractivity contribution is 6.26. The number of ketones is 2. The molecule has 138 valence electrons. The van der Waals surface area contributed by atoms with E-state index in [4.69, 9.17) is 4.84 Å². The molecular formula is C24H19NO3. The molecule has 4 heteroatoms. The standard InChI is InChI=1S/C24H19NO3/c1-17-12-14-18(15-13-17)21-16-24(28-25-21,22(26)19-8-4-2-5-9-19)23(27)20-10-6-3-7-11-20/h2-15H,16H2,1H3. The van der Waals surface area contributed by atoms with Gasteiger partial charge in [-0.1, -0.05) is 95.6 Å². The third-order valence-electron chi connectivity index (χ3n) is 4.92. The van der Waals surface area contributed by atoms with Crippen LogP contribution in [-0.2, 0) is 4.84 Å². The van der Waals surface area contributed by atoms with E-state index in [9.17, 15) is 9.59 Å². The number of oxime groups is 1. The summed E-state index contributed by atoms with van der Waals surface area (Å²) < 4.78 is 0. The molecule has 3 aromatic rings. The minimum atomic E-state index is -1.69. The number of carbonyl (C=O) groups excluding carboxylic acids is 2. The molecule has 3 aromatic carbocycles. The zero-order valence-corrected chi connectivity index (χ0v) is 15.5. The van der Waals surface area contributed by atoms with Crippen LogP contribution in [0.25, 0.3) is 0 Å². The highest BCUT2D eigenvalue weighted by Crippen LogP contribution is 2.34. The molecule has 0 saturated carbocycles. The molecule has 0 aromatic heterocycles. The van der Waals surface area contributed by atoms with Crippen molar-refractivity contribution in [3.63, 3.8) is 0 Å². The minimum absolute atomic E-state index is 0.0948. The second-order valence-electron chi connectivity index (χ2n) is 6.89. The SMILES string of the molecule is Cc1ccc(C2=NOC(C(=O)c3ccccc3)(C(=O)c3ccccc3)C2)cc1. The quantitative estimate of drug-likeness (QED) is 0.487. The number of Topliss-reactive ketones (excluding diaryl/α,β-unsaturated/α-hetero) is 2. The van der Waals surface area contributed by atoms with Crippen LogP contribution in [0.15, 0.2) is 90.1 Å². The zero-order chi connectivity index (χ0) is 19.6. The first kappa shape index (κ1) is 17.9. The largest absolute Gasteiger partial charge is 0.372 e. The monoisotopic (exact) mass is 369 g/mol. The normalized spacial score (nSPS) is 14.8. The number of hydrogen-bond acceptors (Lipinski definition) is 4. The summed E-state index contributed by atoms with van der Waals surface area (Å²) in [6, 6.07) is 25.3. The van der Waals surface area contributed by atoms with Gasteiger partial charge in [0.25, 0.3) is 5.60 Å². The van der Waals surface area contributed by atoms with Crippen molar-refractivity contribution in [2.24, 2.45) is 5.16 Å². The van der Waals surface area contributed by atoms with Gasteiger partial charge in [-0.2, -0.15) is 0 Å². The average Bonchev–Trinajstić information content (AvgIpc) is 3.21. The van der Waals surface area contributed by atoms with Gasteiger partial charge in [0.2, 0.25) is 11.6 Å². The summed E-state index contributed by atoms with van der Waals surface area (Å²) >= 11 is 0. The van der Waals surface area contributed by atoms with Crippen LogP contribution in [0.3, 0.4) is 0 Å². The zero-order valence-electron chi connectivity index (χ0n) is 15.5. The average molecular weight is 369 g/mol. The summed E-state index contributed by atoms with van der Waals surface area (Å²) in [6.07, 6.45) is 0.0948. The first-order valence-corrected chi connectivity index (χ1v) is 9.12. The lowest BCUT2D eigenvalue weighted by molar-refractivity contribution is 0.00336. The number of benzene rings is 3. The molecule has 1 aliphatic heterocycles. The summed E-state index contributed by atoms with van der Waals surface area (Å²) in [5.74, 6) is -0.763. The van der Waals surface area contributed by atoms with Crippen LogP contribution in [0.5, 0.6) is 0 Å². The van der Waals surface area contributed by atoms with Crippen molar-refractivity contribution in [2.45, 2.75) is 18.9 Å². The highest BCUT2D eigenvalue weighted by atomic mass is 16.7. The van der Waals surface area contributed by atoms with Gasteiger partial charge in [-0.25, -0.2) is 0 Å². The van der Waals surface area contributed by atoms with Crippen molar-refractivity contribution < 1.29 is 14.4 Å². The van der Waals surface area contributed by atoms with E-state index < -0.39 is 5.60 Å². The Hall–Kier alpha value is -3.53. The van der Waals surface area contributed by atoms with Crippen molar-refractivity contribution in [3.05, 3.63) is 107 Å². The van der Waals surface area contributed by atoms with Crippen molar-refractivity contribution in [1.82, 2.24) is 0 Å². The van der Waals surface area contributed by atoms with Gasteiger partial charge in [0.1, 0.15) is 0 Å². The fourth-order valence-corrected chi connectivity index (χ4v) is 3.33. The summed E-state index contributed by atoms with van der Waals surface area (Å²) in [6.45, 7) is 2.00. The third-order valence-corrected chi connectivity index (χ3v) is 4.92. The number of rotatable bonds is 5. The van der Waals surface area contributed by atoms with Gasteiger partial charge in [0, 0.05) is 11.1 Å². The van der Waals surface area contributed by atoms with Gasteiger partial charge in [0.15, 0.2) is 0 Å². The molecule has 0 aliphatic carbocycles. The van der Waals surface area contributed by atoms with Crippen molar-refractivity contribution in [3.8, 4) is 0 Å². The van der Waals surface area contributed by atoms with Crippen molar-refractivity contribution in [2.75, 3.05) is 0 Å². The van der Waals surface area contributed by atoms with Crippen molar-refractivity contribution in [1.29, 1.82) is 0 Å². The van der Waals surface area contributed by atoms with E-state index >= 15 is 0 Å². The maximum atomic E-state index is 13.4. The molecule has 0 fully saturated rings. The van der Waals surface area contributed by atoms with E-state index in [0.717, 1.165) is 11.1 Å². The third kappa shape index (κ3) is 3.14. The molecule has 0 atom stereocenters. The highest BCUT2D eigenvalue weighted by Gasteiger charge is 2.53. The number of hydrogen-bond donors (Lipinski definition) is 0. The Morgan fingerprint density at radius 3 is 1.79 bits per heavy atom. The van der Waals surface area contributed by atoms with E-state index in [1.807, 2.05) is 43.3 Å². The molecule has 0 unspecified atom stereocenters. The fourth-order valence-electron chi connectivity index (χ4n) is 3.33. The van der Waals surface area contributed by atoms with Gasteiger partial charge in [0.05, 0.1) is 12.1 Å². The first-order chi connectivity index (χ1) is 13.6. The van der Waals surface area contributed by atoms with Gasteiger partial charge in [-0.15, -0.1) is 0 Å². The predicted molar refractivity (Wildman–Crippen MR) is 108 cm³/mol. The summed E-state index contributed by atoms with van der Waals surface area (Å²) in [5.41, 5.74) is 1.71. The first-order valence-electron chi connectivity index (χ1n) is 9.12. The fraction of sp³-hybridized carbons (Fsp3) is 0.125. The van der Waals surface area contributed by atoms with Gasteiger partial charge in [-0.05, 0) is 12.5 Å². The second kappa shape index (κ2) is 7.24. The smallest absolute Gasteiger partial charge is 0.267 e. The Bertz CT molecular complexity index is 987. The van der Waals surface area contributed by atoms with E-state index in [1.54, 1.807) is 48.5 Å². The maximum Gasteiger partial charge on any atom is 0.267 e.